The van der Waals surface area contributed by atoms with Crippen LogP contribution in [-0.2, 0) is 22.4 Å². The number of amides is 2. The van der Waals surface area contributed by atoms with Crippen LogP contribution in [0.15, 0.2) is 78.9 Å². The monoisotopic (exact) mass is 521 g/mol. The van der Waals surface area contributed by atoms with E-state index in [2.05, 4.69) is 5.32 Å². The molecule has 6 nitrogen and oxygen atoms in total. The smallest absolute Gasteiger partial charge is 0.252 e. The summed E-state index contributed by atoms with van der Waals surface area (Å²) in [4.78, 5) is 29.9. The normalized spacial score (nSPS) is 15.3. The summed E-state index contributed by atoms with van der Waals surface area (Å²) in [6.07, 6.45) is 1.37. The number of carbonyl (C=O) groups is 2. The van der Waals surface area contributed by atoms with E-state index in [1.54, 1.807) is 36.3 Å². The lowest BCUT2D eigenvalue weighted by Crippen LogP contribution is -2.39. The Morgan fingerprint density at radius 3 is 2.25 bits per heavy atom. The average molecular weight is 522 g/mol. The minimum atomic E-state index is -0.654. The Balaban J connectivity index is 1.47. The van der Waals surface area contributed by atoms with Gasteiger partial charge in [-0.15, -0.1) is 0 Å². The first-order valence-electron chi connectivity index (χ1n) is 11.8. The lowest BCUT2D eigenvalue weighted by Gasteiger charge is -2.24. The number of nitrogens with one attached hydrogen (secondary N) is 1. The van der Waals surface area contributed by atoms with Crippen molar-refractivity contribution in [3.05, 3.63) is 95.0 Å². The van der Waals surface area contributed by atoms with Gasteiger partial charge in [0.15, 0.2) is 5.11 Å². The van der Waals surface area contributed by atoms with Crippen LogP contribution in [0.1, 0.15) is 17.5 Å². The molecule has 0 aromatic heterocycles. The van der Waals surface area contributed by atoms with Gasteiger partial charge in [-0.2, -0.15) is 0 Å². The zero-order chi connectivity index (χ0) is 25.5. The quantitative estimate of drug-likeness (QED) is 0.382. The van der Waals surface area contributed by atoms with E-state index >= 15 is 0 Å². The zero-order valence-electron chi connectivity index (χ0n) is 20.0. The van der Waals surface area contributed by atoms with Crippen LogP contribution in [0.3, 0.4) is 0 Å². The number of anilines is 1. The maximum atomic E-state index is 13.5. The second-order valence-electron chi connectivity index (χ2n) is 8.57. The molecule has 1 N–H and O–H groups in total. The van der Waals surface area contributed by atoms with Crippen molar-refractivity contribution in [1.29, 1.82) is 0 Å². The van der Waals surface area contributed by atoms with Crippen LogP contribution in [-0.4, -0.2) is 53.0 Å². The number of hydrogen-bond acceptors (Lipinski definition) is 4. The van der Waals surface area contributed by atoms with Gasteiger partial charge in [-0.25, -0.2) is 0 Å². The molecule has 2 amide bonds. The summed E-state index contributed by atoms with van der Waals surface area (Å²) in [5, 5.41) is 3.91. The van der Waals surface area contributed by atoms with Gasteiger partial charge >= 0.3 is 0 Å². The fraction of sp³-hybridized carbons (Fsp3) is 0.250. The Morgan fingerprint density at radius 1 is 0.944 bits per heavy atom. The Labute approximate surface area is 221 Å². The summed E-state index contributed by atoms with van der Waals surface area (Å²) in [5.74, 6) is 0.393. The Morgan fingerprint density at radius 2 is 1.58 bits per heavy atom. The number of thiocarbonyl (C=S) groups is 1. The summed E-state index contributed by atoms with van der Waals surface area (Å²) in [7, 11) is 1.63. The number of carbonyl (C=O) groups excluding carboxylic acids is 2. The summed E-state index contributed by atoms with van der Waals surface area (Å²) in [5.41, 5.74) is 2.85. The molecular weight excluding hydrogens is 494 g/mol. The number of methoxy groups -OCH3 is 1. The van der Waals surface area contributed by atoms with E-state index in [-0.39, 0.29) is 18.2 Å². The Bertz CT molecular complexity index is 1200. The van der Waals surface area contributed by atoms with Gasteiger partial charge in [-0.05, 0) is 72.6 Å². The van der Waals surface area contributed by atoms with Crippen molar-refractivity contribution in [2.24, 2.45) is 0 Å². The van der Waals surface area contributed by atoms with Gasteiger partial charge in [0.1, 0.15) is 11.8 Å². The Kier molecular flexibility index (Phi) is 8.57. The largest absolute Gasteiger partial charge is 0.497 e. The topological polar surface area (TPSA) is 61.9 Å². The maximum Gasteiger partial charge on any atom is 0.252 e. The molecule has 0 saturated carbocycles. The van der Waals surface area contributed by atoms with Crippen LogP contribution in [0.4, 0.5) is 5.69 Å². The van der Waals surface area contributed by atoms with Crippen molar-refractivity contribution in [1.82, 2.24) is 9.80 Å². The first-order valence-corrected chi connectivity index (χ1v) is 12.6. The highest BCUT2D eigenvalue weighted by Crippen LogP contribution is 2.23. The fourth-order valence-corrected chi connectivity index (χ4v) is 4.72. The highest BCUT2D eigenvalue weighted by atomic mass is 35.5. The first-order chi connectivity index (χ1) is 17.4. The van der Waals surface area contributed by atoms with Gasteiger partial charge < -0.3 is 15.0 Å². The van der Waals surface area contributed by atoms with Crippen molar-refractivity contribution >= 4 is 46.4 Å². The average Bonchev–Trinajstić information content (AvgIpc) is 3.11. The molecule has 0 aliphatic carbocycles. The third kappa shape index (κ3) is 6.42. The summed E-state index contributed by atoms with van der Waals surface area (Å²) in [6, 6.07) is 24.0. The minimum absolute atomic E-state index is 0.00600. The molecule has 1 aliphatic heterocycles. The molecule has 1 heterocycles. The van der Waals surface area contributed by atoms with Gasteiger partial charge in [0, 0.05) is 23.8 Å². The van der Waals surface area contributed by atoms with Crippen LogP contribution < -0.4 is 10.1 Å². The molecule has 1 atom stereocenters. The third-order valence-electron chi connectivity index (χ3n) is 6.18. The van der Waals surface area contributed by atoms with E-state index in [0.717, 1.165) is 16.9 Å². The molecule has 1 saturated heterocycles. The van der Waals surface area contributed by atoms with Crippen LogP contribution in [0.25, 0.3) is 0 Å². The Hall–Kier alpha value is -3.42. The van der Waals surface area contributed by atoms with E-state index in [9.17, 15) is 9.59 Å². The third-order valence-corrected chi connectivity index (χ3v) is 6.88. The molecule has 0 spiro atoms. The van der Waals surface area contributed by atoms with E-state index in [4.69, 9.17) is 28.6 Å². The van der Waals surface area contributed by atoms with E-state index < -0.39 is 6.04 Å². The number of halogens is 1. The van der Waals surface area contributed by atoms with Crippen molar-refractivity contribution in [3.63, 3.8) is 0 Å². The molecule has 3 aromatic carbocycles. The molecule has 1 unspecified atom stereocenters. The van der Waals surface area contributed by atoms with Gasteiger partial charge in [0.05, 0.1) is 13.5 Å². The molecule has 186 valence electrons. The molecule has 8 heteroatoms. The molecule has 0 radical (unpaired) electrons. The highest BCUT2D eigenvalue weighted by molar-refractivity contribution is 7.80. The zero-order valence-corrected chi connectivity index (χ0v) is 21.6. The van der Waals surface area contributed by atoms with Crippen LogP contribution >= 0.6 is 23.8 Å². The number of hydrogen-bond donors (Lipinski definition) is 1. The van der Waals surface area contributed by atoms with Gasteiger partial charge in [-0.1, -0.05) is 54.1 Å². The van der Waals surface area contributed by atoms with Gasteiger partial charge in [0.25, 0.3) is 5.91 Å². The molecule has 1 aliphatic rings. The second kappa shape index (κ2) is 12.0. The molecule has 36 heavy (non-hydrogen) atoms. The van der Waals surface area contributed by atoms with E-state index in [1.807, 2.05) is 59.5 Å². The lowest BCUT2D eigenvalue weighted by molar-refractivity contribution is -0.130. The first kappa shape index (κ1) is 25.7. The highest BCUT2D eigenvalue weighted by Gasteiger charge is 2.42. The van der Waals surface area contributed by atoms with Crippen LogP contribution in [0.2, 0.25) is 5.02 Å². The molecule has 4 rings (SSSR count). The maximum absolute atomic E-state index is 13.5. The number of nitrogens with zero attached hydrogens (tertiary/aromatic N) is 2. The van der Waals surface area contributed by atoms with E-state index in [0.29, 0.717) is 41.8 Å². The number of benzene rings is 3. The molecule has 1 fully saturated rings. The molecule has 3 aromatic rings. The van der Waals surface area contributed by atoms with Crippen molar-refractivity contribution in [2.75, 3.05) is 25.5 Å². The van der Waals surface area contributed by atoms with E-state index in [1.165, 1.54) is 0 Å². The summed E-state index contributed by atoms with van der Waals surface area (Å²) < 4.78 is 5.24. The predicted molar refractivity (Wildman–Crippen MR) is 146 cm³/mol. The molecular formula is C28H28ClN3O3S. The lowest BCUT2D eigenvalue weighted by atomic mass is 10.1. The molecule has 0 bridgehead atoms. The SMILES string of the molecule is COc1ccc(CCN2C(=S)N(CCc3ccccc3)C(=O)C2CC(=O)Nc2ccc(Cl)cc2)cc1. The van der Waals surface area contributed by atoms with Crippen LogP contribution in [0, 0.1) is 0 Å². The summed E-state index contributed by atoms with van der Waals surface area (Å²) >= 11 is 11.7. The minimum Gasteiger partial charge on any atom is -0.497 e. The van der Waals surface area contributed by atoms with Crippen molar-refractivity contribution < 1.29 is 14.3 Å². The summed E-state index contributed by atoms with van der Waals surface area (Å²) in [6.45, 7) is 0.994. The van der Waals surface area contributed by atoms with Gasteiger partial charge in [0.2, 0.25) is 5.91 Å². The second-order valence-corrected chi connectivity index (χ2v) is 9.38. The number of rotatable bonds is 10. The fourth-order valence-electron chi connectivity index (χ4n) is 4.20. The number of ether oxygens (including phenoxy) is 1. The predicted octanol–water partition coefficient (Wildman–Crippen LogP) is 4.96. The van der Waals surface area contributed by atoms with Crippen molar-refractivity contribution in [3.8, 4) is 5.75 Å². The van der Waals surface area contributed by atoms with Gasteiger partial charge in [-0.3, -0.25) is 14.5 Å². The van der Waals surface area contributed by atoms with Crippen LogP contribution in [0.5, 0.6) is 5.75 Å². The van der Waals surface area contributed by atoms with Crippen molar-refractivity contribution in [2.45, 2.75) is 25.3 Å². The standard InChI is InChI=1S/C28H28ClN3O3S/c1-35-24-13-7-21(8-14-24)15-17-31-25(19-26(33)30-23-11-9-22(29)10-12-23)27(34)32(28(31)36)18-16-20-5-3-2-4-6-20/h2-14,25H,15-19H2,1H3,(H,30,33).